The molecule has 8 rings (SSSR count). The van der Waals surface area contributed by atoms with E-state index in [1.165, 1.54) is 38.8 Å². The minimum atomic E-state index is 0.769. The van der Waals surface area contributed by atoms with Crippen molar-refractivity contribution in [2.45, 2.75) is 27.2 Å². The minimum absolute atomic E-state index is 0.769. The molecule has 0 radical (unpaired) electrons. The lowest BCUT2D eigenvalue weighted by atomic mass is 9.91. The molecule has 0 N–H and O–H groups in total. The lowest BCUT2D eigenvalue weighted by molar-refractivity contribution is 0.420. The van der Waals surface area contributed by atoms with Crippen LogP contribution in [0.15, 0.2) is 108 Å². The number of nitrogens with zero attached hydrogens (tertiary/aromatic N) is 1. The molecule has 0 saturated carbocycles. The molecule has 7 aromatic rings. The first-order chi connectivity index (χ1) is 21.4. The molecule has 3 nitrogen and oxygen atoms in total. The number of benzene rings is 5. The highest BCUT2D eigenvalue weighted by Gasteiger charge is 2.27. The first-order valence-corrected chi connectivity index (χ1v) is 15.1. The SMILES string of the molecule is C=C1c2oc3ccccc3c2/C=C\Cc2cc(-c3c(C)cc(C)cc3C)cc3c4ccc(-c5ccccc5)c(OC)c4n1c23. The Labute approximate surface area is 257 Å². The van der Waals surface area contributed by atoms with Crippen LogP contribution >= 0.6 is 0 Å². The van der Waals surface area contributed by atoms with Gasteiger partial charge in [-0.15, -0.1) is 0 Å². The number of rotatable bonds is 3. The molecule has 0 saturated heterocycles. The molecule has 5 aromatic carbocycles. The molecule has 3 heterocycles. The first kappa shape index (κ1) is 26.4. The molecule has 0 spiro atoms. The lowest BCUT2D eigenvalue weighted by Crippen LogP contribution is -2.02. The summed E-state index contributed by atoms with van der Waals surface area (Å²) in [4.78, 5) is 0. The second-order valence-electron chi connectivity index (χ2n) is 11.9. The number of fused-ring (bicyclic) bond motifs is 6. The third kappa shape index (κ3) is 3.82. The van der Waals surface area contributed by atoms with Crippen molar-refractivity contribution < 1.29 is 9.15 Å². The Morgan fingerprint density at radius 2 is 1.50 bits per heavy atom. The third-order valence-corrected chi connectivity index (χ3v) is 9.10. The number of allylic oxidation sites excluding steroid dienone is 1. The summed E-state index contributed by atoms with van der Waals surface area (Å²) in [5.74, 6) is 1.60. The van der Waals surface area contributed by atoms with Gasteiger partial charge in [0, 0.05) is 27.3 Å². The Kier molecular flexibility index (Phi) is 5.92. The summed E-state index contributed by atoms with van der Waals surface area (Å²) in [6.07, 6.45) is 5.24. The number of hydrogen-bond acceptors (Lipinski definition) is 2. The van der Waals surface area contributed by atoms with Gasteiger partial charge in [0.2, 0.25) is 0 Å². The van der Waals surface area contributed by atoms with Crippen LogP contribution < -0.4 is 4.74 Å². The fourth-order valence-electron chi connectivity index (χ4n) is 7.39. The number of aromatic nitrogens is 1. The smallest absolute Gasteiger partial charge is 0.158 e. The maximum absolute atomic E-state index is 6.57. The fraction of sp³-hybridized carbons (Fsp3) is 0.122. The molecule has 0 fully saturated rings. The molecule has 1 aliphatic rings. The van der Waals surface area contributed by atoms with Crippen molar-refractivity contribution in [3.8, 4) is 28.0 Å². The van der Waals surface area contributed by atoms with Crippen molar-refractivity contribution in [3.63, 3.8) is 0 Å². The van der Waals surface area contributed by atoms with Crippen LogP contribution in [-0.4, -0.2) is 11.7 Å². The van der Waals surface area contributed by atoms with Gasteiger partial charge in [-0.1, -0.05) is 91.0 Å². The van der Waals surface area contributed by atoms with Gasteiger partial charge in [0.15, 0.2) is 11.5 Å². The molecule has 214 valence electrons. The number of ether oxygens (including phenoxy) is 1. The summed E-state index contributed by atoms with van der Waals surface area (Å²) < 4.78 is 15.2. The summed E-state index contributed by atoms with van der Waals surface area (Å²) in [6, 6.07) is 32.4. The maximum atomic E-state index is 6.57. The van der Waals surface area contributed by atoms with Crippen LogP contribution in [-0.2, 0) is 6.42 Å². The fourth-order valence-corrected chi connectivity index (χ4v) is 7.39. The minimum Gasteiger partial charge on any atom is -0.494 e. The van der Waals surface area contributed by atoms with Gasteiger partial charge >= 0.3 is 0 Å². The average molecular weight is 572 g/mol. The number of methoxy groups -OCH3 is 1. The molecule has 0 unspecified atom stereocenters. The molecule has 44 heavy (non-hydrogen) atoms. The maximum Gasteiger partial charge on any atom is 0.158 e. The molecule has 2 aromatic heterocycles. The zero-order valence-corrected chi connectivity index (χ0v) is 25.5. The number of aryl methyl sites for hydroxylation is 3. The van der Waals surface area contributed by atoms with E-state index in [1.54, 1.807) is 7.11 Å². The van der Waals surface area contributed by atoms with Crippen molar-refractivity contribution >= 4 is 44.5 Å². The molecule has 0 bridgehead atoms. The van der Waals surface area contributed by atoms with Crippen LogP contribution in [0.5, 0.6) is 5.75 Å². The van der Waals surface area contributed by atoms with E-state index in [4.69, 9.17) is 15.7 Å². The Balaban J connectivity index is 1.53. The van der Waals surface area contributed by atoms with E-state index in [0.29, 0.717) is 0 Å². The summed E-state index contributed by atoms with van der Waals surface area (Å²) in [6.45, 7) is 11.3. The second-order valence-corrected chi connectivity index (χ2v) is 11.9. The standard InChI is InChI=1S/C41H33NO2/c1-24-20-25(2)37(26(3)21-24)30-22-29-14-11-16-34-32-15-9-10-17-36(32)44-40(34)27(4)42-38(29)35(23-30)33-19-18-31(41(43-5)39(33)42)28-12-7-6-8-13-28/h6-13,15-23H,4,14H2,1-3,5H3/b16-11-. The van der Waals surface area contributed by atoms with E-state index in [1.807, 2.05) is 18.2 Å². The largest absolute Gasteiger partial charge is 0.494 e. The van der Waals surface area contributed by atoms with Crippen molar-refractivity contribution in [2.75, 3.05) is 7.11 Å². The van der Waals surface area contributed by atoms with E-state index in [0.717, 1.165) is 67.7 Å². The molecular weight excluding hydrogens is 538 g/mol. The predicted octanol–water partition coefficient (Wildman–Crippen LogP) is 10.9. The topological polar surface area (TPSA) is 27.3 Å². The van der Waals surface area contributed by atoms with Crippen molar-refractivity contribution in [3.05, 3.63) is 137 Å². The van der Waals surface area contributed by atoms with Crippen LogP contribution in [0.25, 0.3) is 66.8 Å². The predicted molar refractivity (Wildman–Crippen MR) is 184 cm³/mol. The van der Waals surface area contributed by atoms with Gasteiger partial charge in [-0.25, -0.2) is 0 Å². The highest BCUT2D eigenvalue weighted by molar-refractivity contribution is 6.16. The lowest BCUT2D eigenvalue weighted by Gasteiger charge is -2.16. The zero-order valence-electron chi connectivity index (χ0n) is 25.5. The Hall–Kier alpha value is -5.28. The van der Waals surface area contributed by atoms with Gasteiger partial charge in [-0.3, -0.25) is 0 Å². The Bertz CT molecular complexity index is 2310. The van der Waals surface area contributed by atoms with Crippen molar-refractivity contribution in [1.82, 2.24) is 4.57 Å². The number of hydrogen-bond donors (Lipinski definition) is 0. The van der Waals surface area contributed by atoms with Crippen LogP contribution in [0.4, 0.5) is 0 Å². The van der Waals surface area contributed by atoms with Gasteiger partial charge in [0.25, 0.3) is 0 Å². The van der Waals surface area contributed by atoms with Crippen LogP contribution in [0.3, 0.4) is 0 Å². The quantitative estimate of drug-likeness (QED) is 0.211. The van der Waals surface area contributed by atoms with Crippen molar-refractivity contribution in [1.29, 1.82) is 0 Å². The van der Waals surface area contributed by atoms with E-state index >= 15 is 0 Å². The van der Waals surface area contributed by atoms with E-state index in [2.05, 4.69) is 110 Å². The summed E-state index contributed by atoms with van der Waals surface area (Å²) in [5.41, 5.74) is 14.6. The van der Waals surface area contributed by atoms with Crippen molar-refractivity contribution in [2.24, 2.45) is 0 Å². The molecular formula is C41H33NO2. The number of furan rings is 1. The first-order valence-electron chi connectivity index (χ1n) is 15.1. The molecule has 3 heteroatoms. The average Bonchev–Trinajstić information content (AvgIpc) is 3.57. The summed E-state index contributed by atoms with van der Waals surface area (Å²) in [5, 5.41) is 3.39. The van der Waals surface area contributed by atoms with E-state index in [-0.39, 0.29) is 0 Å². The van der Waals surface area contributed by atoms with Gasteiger partial charge in [0.05, 0.1) is 23.8 Å². The Morgan fingerprint density at radius 3 is 2.27 bits per heavy atom. The monoisotopic (exact) mass is 571 g/mol. The third-order valence-electron chi connectivity index (χ3n) is 9.10. The van der Waals surface area contributed by atoms with Gasteiger partial charge in [0.1, 0.15) is 5.58 Å². The summed E-state index contributed by atoms with van der Waals surface area (Å²) in [7, 11) is 1.77. The van der Waals surface area contributed by atoms with Gasteiger partial charge < -0.3 is 13.7 Å². The normalized spacial score (nSPS) is 13.6. The molecule has 0 aliphatic carbocycles. The molecule has 0 atom stereocenters. The van der Waals surface area contributed by atoms with Crippen LogP contribution in [0.1, 0.15) is 33.6 Å². The molecule has 1 aliphatic heterocycles. The Morgan fingerprint density at radius 1 is 0.750 bits per heavy atom. The van der Waals surface area contributed by atoms with Crippen LogP contribution in [0.2, 0.25) is 0 Å². The molecule has 0 amide bonds. The van der Waals surface area contributed by atoms with E-state index in [9.17, 15) is 0 Å². The van der Waals surface area contributed by atoms with E-state index < -0.39 is 0 Å². The number of para-hydroxylation sites is 1. The summed E-state index contributed by atoms with van der Waals surface area (Å²) >= 11 is 0. The van der Waals surface area contributed by atoms with Gasteiger partial charge in [-0.05, 0) is 84.8 Å². The second kappa shape index (κ2) is 9.89. The van der Waals surface area contributed by atoms with Gasteiger partial charge in [-0.2, -0.15) is 0 Å². The van der Waals surface area contributed by atoms with Crippen LogP contribution in [0, 0.1) is 20.8 Å². The highest BCUT2D eigenvalue weighted by atomic mass is 16.5. The zero-order chi connectivity index (χ0) is 30.1. The highest BCUT2D eigenvalue weighted by Crippen LogP contribution is 2.47.